The molecule has 1 aliphatic rings. The Labute approximate surface area is 146 Å². The number of hydrogen-bond acceptors (Lipinski definition) is 4. The van der Waals surface area contributed by atoms with E-state index in [0.717, 1.165) is 5.56 Å². The van der Waals surface area contributed by atoms with Gasteiger partial charge in [0, 0.05) is 13.0 Å². The first-order valence-corrected chi connectivity index (χ1v) is 9.37. The van der Waals surface area contributed by atoms with E-state index in [0.29, 0.717) is 5.56 Å². The molecule has 0 heterocycles. The summed E-state index contributed by atoms with van der Waals surface area (Å²) in [7, 11) is -2.29. The summed E-state index contributed by atoms with van der Waals surface area (Å²) < 4.78 is 44.6. The highest BCUT2D eigenvalue weighted by Crippen LogP contribution is 2.63. The van der Waals surface area contributed by atoms with Gasteiger partial charge in [0.25, 0.3) is 0 Å². The lowest BCUT2D eigenvalue weighted by atomic mass is 10.0. The Hall–Kier alpha value is -2.23. The van der Waals surface area contributed by atoms with Gasteiger partial charge in [-0.1, -0.05) is 29.8 Å². The lowest BCUT2D eigenvalue weighted by Gasteiger charge is -2.08. The van der Waals surface area contributed by atoms with Crippen molar-refractivity contribution < 1.29 is 17.5 Å². The van der Waals surface area contributed by atoms with Crippen LogP contribution in [-0.2, 0) is 14.6 Å². The van der Waals surface area contributed by atoms with Gasteiger partial charge in [-0.15, -0.1) is 0 Å². The number of halogens is 1. The minimum atomic E-state index is -3.73. The van der Waals surface area contributed by atoms with Crippen molar-refractivity contribution in [3.05, 3.63) is 65.5 Å². The van der Waals surface area contributed by atoms with Crippen molar-refractivity contribution in [1.29, 1.82) is 5.26 Å². The van der Waals surface area contributed by atoms with Gasteiger partial charge in [0.2, 0.25) is 0 Å². The third-order valence-corrected chi connectivity index (χ3v) is 7.05. The predicted octanol–water partition coefficient (Wildman–Crippen LogP) is 3.23. The summed E-state index contributed by atoms with van der Waals surface area (Å²) in [4.78, 5) is 0.184. The number of benzene rings is 2. The minimum Gasteiger partial charge on any atom is -0.383 e. The molecule has 3 rings (SSSR count). The molecule has 0 spiro atoms. The third-order valence-electron chi connectivity index (χ3n) is 4.76. The minimum absolute atomic E-state index is 0.00129. The first kappa shape index (κ1) is 17.6. The number of aryl methyl sites for hydroxylation is 1. The van der Waals surface area contributed by atoms with Crippen LogP contribution in [0.25, 0.3) is 0 Å². The van der Waals surface area contributed by atoms with Gasteiger partial charge in [-0.3, -0.25) is 0 Å². The van der Waals surface area contributed by atoms with E-state index >= 15 is 0 Å². The molecule has 130 valence electrons. The summed E-state index contributed by atoms with van der Waals surface area (Å²) in [6, 6.07) is 14.3. The van der Waals surface area contributed by atoms with Crippen molar-refractivity contribution in [1.82, 2.24) is 0 Å². The molecule has 1 aliphatic carbocycles. The summed E-state index contributed by atoms with van der Waals surface area (Å²) in [6.07, 6.45) is 0. The summed E-state index contributed by atoms with van der Waals surface area (Å²) in [5.41, 5.74) is 0.407. The van der Waals surface area contributed by atoms with Gasteiger partial charge in [-0.2, -0.15) is 5.26 Å². The van der Waals surface area contributed by atoms with Crippen LogP contribution in [0.15, 0.2) is 53.4 Å². The Balaban J connectivity index is 2.07. The van der Waals surface area contributed by atoms with Gasteiger partial charge >= 0.3 is 0 Å². The summed E-state index contributed by atoms with van der Waals surface area (Å²) >= 11 is 0. The molecule has 0 unspecified atom stereocenters. The highest BCUT2D eigenvalue weighted by molar-refractivity contribution is 7.92. The van der Waals surface area contributed by atoms with E-state index in [2.05, 4.69) is 6.07 Å². The van der Waals surface area contributed by atoms with Gasteiger partial charge < -0.3 is 4.74 Å². The average molecular weight is 359 g/mol. The van der Waals surface area contributed by atoms with Crippen LogP contribution < -0.4 is 0 Å². The van der Waals surface area contributed by atoms with Gasteiger partial charge in [-0.25, -0.2) is 12.8 Å². The van der Waals surface area contributed by atoms with E-state index in [1.54, 1.807) is 24.3 Å². The Kier molecular flexibility index (Phi) is 4.40. The molecule has 1 fully saturated rings. The molecule has 1 saturated carbocycles. The molecule has 0 radical (unpaired) electrons. The highest BCUT2D eigenvalue weighted by atomic mass is 32.2. The third kappa shape index (κ3) is 2.84. The Morgan fingerprint density at radius 1 is 1.16 bits per heavy atom. The van der Waals surface area contributed by atoms with Crippen LogP contribution in [0.3, 0.4) is 0 Å². The first-order valence-electron chi connectivity index (χ1n) is 7.83. The lowest BCUT2D eigenvalue weighted by molar-refractivity contribution is 0.162. The molecule has 0 bridgehead atoms. The maximum absolute atomic E-state index is 13.2. The number of ether oxygens (including phenoxy) is 1. The van der Waals surface area contributed by atoms with Crippen LogP contribution in [0.1, 0.15) is 17.0 Å². The molecule has 2 aromatic rings. The number of rotatable bonds is 5. The van der Waals surface area contributed by atoms with Crippen LogP contribution >= 0.6 is 0 Å². The van der Waals surface area contributed by atoms with Gasteiger partial charge in [0.1, 0.15) is 11.2 Å². The zero-order valence-electron chi connectivity index (χ0n) is 13.9. The molecule has 2 aromatic carbocycles. The molecule has 0 amide bonds. The highest BCUT2D eigenvalue weighted by Gasteiger charge is 2.72. The van der Waals surface area contributed by atoms with Gasteiger partial charge in [-0.05, 0) is 36.8 Å². The van der Waals surface area contributed by atoms with E-state index in [9.17, 15) is 18.1 Å². The SMILES string of the molecule is COC[C@@]1(C#N)[C@H](c2ccc(F)cc2)[C@@H]1S(=O)(=O)c1ccc(C)cc1. The fraction of sp³-hybridized carbons (Fsp3) is 0.316. The quantitative estimate of drug-likeness (QED) is 0.822. The Morgan fingerprint density at radius 2 is 1.76 bits per heavy atom. The lowest BCUT2D eigenvalue weighted by Crippen LogP contribution is -2.19. The van der Waals surface area contributed by atoms with Crippen LogP contribution in [0.4, 0.5) is 4.39 Å². The first-order chi connectivity index (χ1) is 11.9. The van der Waals surface area contributed by atoms with Gasteiger partial charge in [0.05, 0.1) is 22.8 Å². The topological polar surface area (TPSA) is 67.2 Å². The van der Waals surface area contributed by atoms with Crippen molar-refractivity contribution in [2.75, 3.05) is 13.7 Å². The largest absolute Gasteiger partial charge is 0.383 e. The van der Waals surface area contributed by atoms with E-state index in [-0.39, 0.29) is 11.5 Å². The van der Waals surface area contributed by atoms with E-state index in [1.807, 2.05) is 6.92 Å². The van der Waals surface area contributed by atoms with Crippen LogP contribution in [-0.4, -0.2) is 27.4 Å². The number of nitrogens with zero attached hydrogens (tertiary/aromatic N) is 1. The van der Waals surface area contributed by atoms with E-state index < -0.39 is 32.2 Å². The second-order valence-electron chi connectivity index (χ2n) is 6.39. The monoisotopic (exact) mass is 359 g/mol. The predicted molar refractivity (Wildman–Crippen MR) is 91.2 cm³/mol. The molecule has 6 heteroatoms. The van der Waals surface area contributed by atoms with E-state index in [1.165, 1.54) is 31.4 Å². The fourth-order valence-corrected chi connectivity index (χ4v) is 5.76. The molecular formula is C19H18FNO3S. The number of methoxy groups -OCH3 is 1. The van der Waals surface area contributed by atoms with Gasteiger partial charge in [0.15, 0.2) is 9.84 Å². The second kappa shape index (κ2) is 6.25. The maximum atomic E-state index is 13.2. The molecule has 4 nitrogen and oxygen atoms in total. The number of sulfone groups is 1. The van der Waals surface area contributed by atoms with Crippen molar-refractivity contribution in [3.63, 3.8) is 0 Å². The number of nitriles is 1. The zero-order chi connectivity index (χ0) is 18.2. The van der Waals surface area contributed by atoms with Crippen molar-refractivity contribution in [3.8, 4) is 6.07 Å². The average Bonchev–Trinajstić information content (AvgIpc) is 3.26. The second-order valence-corrected chi connectivity index (χ2v) is 8.46. The standard InChI is InChI=1S/C19H18FNO3S/c1-13-3-9-16(10-4-13)25(22,23)18-17(19(18,11-21)12-24-2)14-5-7-15(20)8-6-14/h3-10,17-18H,12H2,1-2H3/t17-,18+,19+/m1/s1. The summed E-state index contributed by atoms with van der Waals surface area (Å²) in [6.45, 7) is 1.88. The van der Waals surface area contributed by atoms with Crippen LogP contribution in [0.5, 0.6) is 0 Å². The zero-order valence-corrected chi connectivity index (χ0v) is 14.8. The Morgan fingerprint density at radius 3 is 2.28 bits per heavy atom. The fourth-order valence-electron chi connectivity index (χ4n) is 3.45. The van der Waals surface area contributed by atoms with Crippen molar-refractivity contribution in [2.45, 2.75) is 23.0 Å². The molecular weight excluding hydrogens is 341 g/mol. The van der Waals surface area contributed by atoms with E-state index in [4.69, 9.17) is 4.74 Å². The summed E-state index contributed by atoms with van der Waals surface area (Å²) in [5, 5.41) is 8.81. The van der Waals surface area contributed by atoms with Crippen LogP contribution in [0.2, 0.25) is 0 Å². The summed E-state index contributed by atoms with van der Waals surface area (Å²) in [5.74, 6) is -0.957. The number of hydrogen-bond donors (Lipinski definition) is 0. The Bertz CT molecular complexity index is 917. The molecule has 0 aromatic heterocycles. The molecule has 0 N–H and O–H groups in total. The van der Waals surface area contributed by atoms with Crippen LogP contribution in [0, 0.1) is 29.5 Å². The maximum Gasteiger partial charge on any atom is 0.183 e. The van der Waals surface area contributed by atoms with Crippen molar-refractivity contribution >= 4 is 9.84 Å². The molecule has 25 heavy (non-hydrogen) atoms. The smallest absolute Gasteiger partial charge is 0.183 e. The molecule has 0 saturated heterocycles. The molecule has 3 atom stereocenters. The normalized spacial score (nSPS) is 25.4. The molecule has 0 aliphatic heterocycles. The van der Waals surface area contributed by atoms with Crippen molar-refractivity contribution in [2.24, 2.45) is 5.41 Å².